The molecule has 0 fully saturated rings. The predicted molar refractivity (Wildman–Crippen MR) is 119 cm³/mol. The van der Waals surface area contributed by atoms with Crippen LogP contribution in [-0.2, 0) is 0 Å². The molecule has 0 spiro atoms. The summed E-state index contributed by atoms with van der Waals surface area (Å²) in [6.07, 6.45) is 3.82. The van der Waals surface area contributed by atoms with E-state index in [4.69, 9.17) is 9.47 Å². The van der Waals surface area contributed by atoms with Gasteiger partial charge in [0.05, 0.1) is 5.56 Å². The minimum absolute atomic E-state index is 0.0910. The standard InChI is InChI=1S/C25H29NO3/c1-6-26(7-2)20-10-8-19(9-11-20)16-23-24(27)21-12-13-22(18(5)25(21)29-23)28-15-14-17(3)4/h8-14,16H,6-7,15H2,1-5H3/b23-16-. The first-order chi connectivity index (χ1) is 13.9. The highest BCUT2D eigenvalue weighted by Crippen LogP contribution is 2.39. The van der Waals surface area contributed by atoms with E-state index in [2.05, 4.69) is 30.9 Å². The second-order valence-electron chi connectivity index (χ2n) is 7.36. The van der Waals surface area contributed by atoms with Crippen LogP contribution in [0.3, 0.4) is 0 Å². The van der Waals surface area contributed by atoms with Crippen LogP contribution in [0.2, 0.25) is 0 Å². The molecule has 4 nitrogen and oxygen atoms in total. The van der Waals surface area contributed by atoms with Gasteiger partial charge in [0.2, 0.25) is 5.78 Å². The number of ketones is 1. The summed E-state index contributed by atoms with van der Waals surface area (Å²) in [6, 6.07) is 11.8. The van der Waals surface area contributed by atoms with Crippen molar-refractivity contribution in [2.75, 3.05) is 24.6 Å². The Morgan fingerprint density at radius 3 is 2.38 bits per heavy atom. The Hall–Kier alpha value is -3.01. The van der Waals surface area contributed by atoms with Crippen molar-refractivity contribution in [3.63, 3.8) is 0 Å². The maximum absolute atomic E-state index is 12.8. The van der Waals surface area contributed by atoms with Crippen molar-refractivity contribution in [1.82, 2.24) is 0 Å². The van der Waals surface area contributed by atoms with E-state index in [0.717, 1.165) is 30.0 Å². The van der Waals surface area contributed by atoms with Gasteiger partial charge in [0, 0.05) is 24.3 Å². The smallest absolute Gasteiger partial charge is 0.231 e. The number of anilines is 1. The van der Waals surface area contributed by atoms with Gasteiger partial charge in [-0.25, -0.2) is 0 Å². The molecule has 0 atom stereocenters. The van der Waals surface area contributed by atoms with Crippen molar-refractivity contribution in [3.8, 4) is 11.5 Å². The van der Waals surface area contributed by atoms with Gasteiger partial charge in [-0.05, 0) is 76.6 Å². The molecule has 1 heterocycles. The lowest BCUT2D eigenvalue weighted by Crippen LogP contribution is -2.21. The molecular weight excluding hydrogens is 362 g/mol. The average Bonchev–Trinajstić information content (AvgIpc) is 3.02. The van der Waals surface area contributed by atoms with Crippen molar-refractivity contribution >= 4 is 17.5 Å². The molecule has 0 bridgehead atoms. The Kier molecular flexibility index (Phi) is 6.42. The van der Waals surface area contributed by atoms with Crippen molar-refractivity contribution in [1.29, 1.82) is 0 Å². The molecule has 3 rings (SSSR count). The zero-order valence-corrected chi connectivity index (χ0v) is 17.9. The molecule has 0 aliphatic carbocycles. The van der Waals surface area contributed by atoms with Gasteiger partial charge in [-0.2, -0.15) is 0 Å². The first-order valence-corrected chi connectivity index (χ1v) is 10.1. The molecular formula is C25H29NO3. The molecule has 1 aliphatic heterocycles. The Bertz CT molecular complexity index is 947. The third-order valence-corrected chi connectivity index (χ3v) is 5.09. The number of nitrogens with zero attached hydrogens (tertiary/aromatic N) is 1. The Morgan fingerprint density at radius 1 is 1.07 bits per heavy atom. The Morgan fingerprint density at radius 2 is 1.76 bits per heavy atom. The predicted octanol–water partition coefficient (Wildman–Crippen LogP) is 5.80. The van der Waals surface area contributed by atoms with E-state index >= 15 is 0 Å². The topological polar surface area (TPSA) is 38.8 Å². The van der Waals surface area contributed by atoms with Gasteiger partial charge >= 0.3 is 0 Å². The van der Waals surface area contributed by atoms with E-state index in [0.29, 0.717) is 23.7 Å². The van der Waals surface area contributed by atoms with Crippen molar-refractivity contribution in [2.45, 2.75) is 34.6 Å². The molecule has 2 aromatic rings. The Balaban J connectivity index is 1.81. The second-order valence-corrected chi connectivity index (χ2v) is 7.36. The highest BCUT2D eigenvalue weighted by atomic mass is 16.5. The quantitative estimate of drug-likeness (QED) is 0.441. The van der Waals surface area contributed by atoms with Crippen LogP contribution in [0.5, 0.6) is 11.5 Å². The van der Waals surface area contributed by atoms with Crippen LogP contribution in [0.25, 0.3) is 6.08 Å². The van der Waals surface area contributed by atoms with E-state index in [-0.39, 0.29) is 5.78 Å². The molecule has 29 heavy (non-hydrogen) atoms. The first kappa shape index (κ1) is 20.7. The monoisotopic (exact) mass is 391 g/mol. The summed E-state index contributed by atoms with van der Waals surface area (Å²) in [7, 11) is 0. The lowest BCUT2D eigenvalue weighted by atomic mass is 10.1. The van der Waals surface area contributed by atoms with Crippen molar-refractivity contribution in [2.24, 2.45) is 0 Å². The molecule has 0 aromatic heterocycles. The average molecular weight is 392 g/mol. The van der Waals surface area contributed by atoms with E-state index in [1.807, 2.05) is 45.0 Å². The van der Waals surface area contributed by atoms with Gasteiger partial charge in [-0.3, -0.25) is 4.79 Å². The number of carbonyl (C=O) groups excluding carboxylic acids is 1. The number of Topliss-reactive ketones (excluding diaryl/α,β-unsaturated/α-hetero) is 1. The SMILES string of the molecule is CCN(CC)c1ccc(/C=C2\Oc3c(ccc(OCC=C(C)C)c3C)C2=O)cc1. The van der Waals surface area contributed by atoms with Crippen LogP contribution in [-0.4, -0.2) is 25.5 Å². The summed E-state index contributed by atoms with van der Waals surface area (Å²) >= 11 is 0. The summed E-state index contributed by atoms with van der Waals surface area (Å²) in [5.41, 5.74) is 4.75. The molecule has 0 unspecified atom stereocenters. The number of benzene rings is 2. The number of allylic oxidation sites excluding steroid dienone is 2. The van der Waals surface area contributed by atoms with Gasteiger partial charge < -0.3 is 14.4 Å². The maximum Gasteiger partial charge on any atom is 0.231 e. The zero-order valence-electron chi connectivity index (χ0n) is 17.9. The van der Waals surface area contributed by atoms with E-state index < -0.39 is 0 Å². The molecule has 152 valence electrons. The van der Waals surface area contributed by atoms with Crippen LogP contribution in [0.1, 0.15) is 49.2 Å². The van der Waals surface area contributed by atoms with Crippen LogP contribution < -0.4 is 14.4 Å². The number of hydrogen-bond acceptors (Lipinski definition) is 4. The van der Waals surface area contributed by atoms with Crippen LogP contribution in [0.4, 0.5) is 5.69 Å². The van der Waals surface area contributed by atoms with Crippen LogP contribution >= 0.6 is 0 Å². The van der Waals surface area contributed by atoms with Crippen molar-refractivity contribution < 1.29 is 14.3 Å². The Labute approximate surface area is 173 Å². The number of hydrogen-bond donors (Lipinski definition) is 0. The molecule has 0 saturated heterocycles. The van der Waals surface area contributed by atoms with E-state index in [1.54, 1.807) is 12.1 Å². The molecule has 0 saturated carbocycles. The van der Waals surface area contributed by atoms with Gasteiger partial charge in [-0.15, -0.1) is 0 Å². The fourth-order valence-electron chi connectivity index (χ4n) is 3.34. The highest BCUT2D eigenvalue weighted by Gasteiger charge is 2.30. The number of fused-ring (bicyclic) bond motifs is 1. The van der Waals surface area contributed by atoms with Crippen LogP contribution in [0.15, 0.2) is 53.8 Å². The number of carbonyl (C=O) groups is 1. The largest absolute Gasteiger partial charge is 0.489 e. The zero-order chi connectivity index (χ0) is 21.0. The maximum atomic E-state index is 12.8. The van der Waals surface area contributed by atoms with E-state index in [1.165, 1.54) is 11.3 Å². The van der Waals surface area contributed by atoms with Gasteiger partial charge in [0.15, 0.2) is 5.76 Å². The first-order valence-electron chi connectivity index (χ1n) is 10.1. The lowest BCUT2D eigenvalue weighted by molar-refractivity contribution is 0.101. The molecule has 2 aromatic carbocycles. The number of rotatable bonds is 7. The summed E-state index contributed by atoms with van der Waals surface area (Å²) in [5, 5.41) is 0. The molecule has 0 amide bonds. The van der Waals surface area contributed by atoms with E-state index in [9.17, 15) is 4.79 Å². The van der Waals surface area contributed by atoms with Crippen molar-refractivity contribution in [3.05, 3.63) is 70.5 Å². The minimum Gasteiger partial charge on any atom is -0.489 e. The van der Waals surface area contributed by atoms with Gasteiger partial charge in [-0.1, -0.05) is 17.7 Å². The lowest BCUT2D eigenvalue weighted by Gasteiger charge is -2.20. The number of ether oxygens (including phenoxy) is 2. The summed E-state index contributed by atoms with van der Waals surface area (Å²) in [6.45, 7) is 12.7. The van der Waals surface area contributed by atoms with Gasteiger partial charge in [0.1, 0.15) is 18.1 Å². The minimum atomic E-state index is -0.0910. The second kappa shape index (κ2) is 8.99. The molecule has 1 aliphatic rings. The third-order valence-electron chi connectivity index (χ3n) is 5.09. The fraction of sp³-hybridized carbons (Fsp3) is 0.320. The summed E-state index contributed by atoms with van der Waals surface area (Å²) < 4.78 is 11.8. The fourth-order valence-corrected chi connectivity index (χ4v) is 3.34. The molecule has 0 N–H and O–H groups in total. The molecule has 0 radical (unpaired) electrons. The summed E-state index contributed by atoms with van der Waals surface area (Å²) in [5.74, 6) is 1.58. The highest BCUT2D eigenvalue weighted by molar-refractivity contribution is 6.15. The van der Waals surface area contributed by atoms with Crippen LogP contribution in [0, 0.1) is 6.92 Å². The third kappa shape index (κ3) is 4.53. The molecule has 4 heteroatoms. The normalized spacial score (nSPS) is 13.8. The summed E-state index contributed by atoms with van der Waals surface area (Å²) in [4.78, 5) is 15.1. The van der Waals surface area contributed by atoms with Gasteiger partial charge in [0.25, 0.3) is 0 Å².